The van der Waals surface area contributed by atoms with Gasteiger partial charge in [0.25, 0.3) is 0 Å². The van der Waals surface area contributed by atoms with Gasteiger partial charge in [0.1, 0.15) is 24.0 Å². The Morgan fingerprint density at radius 3 is 2.90 bits per heavy atom. The quantitative estimate of drug-likeness (QED) is 0.523. The first-order chi connectivity index (χ1) is 10.1. The van der Waals surface area contributed by atoms with E-state index in [0.29, 0.717) is 25.6 Å². The van der Waals surface area contributed by atoms with Gasteiger partial charge in [-0.05, 0) is 5.92 Å². The van der Waals surface area contributed by atoms with Crippen LogP contribution in [0.15, 0.2) is 6.33 Å². The summed E-state index contributed by atoms with van der Waals surface area (Å²) in [6.45, 7) is 5.57. The van der Waals surface area contributed by atoms with Crippen molar-refractivity contribution in [3.05, 3.63) is 11.9 Å². The number of amides is 1. The van der Waals surface area contributed by atoms with Crippen molar-refractivity contribution in [3.63, 3.8) is 0 Å². The minimum atomic E-state index is -0.401. The van der Waals surface area contributed by atoms with Crippen LogP contribution in [0, 0.1) is 0 Å². The molecule has 1 amide bonds. The van der Waals surface area contributed by atoms with Gasteiger partial charge in [0.2, 0.25) is 5.91 Å². The fourth-order valence-corrected chi connectivity index (χ4v) is 2.50. The summed E-state index contributed by atoms with van der Waals surface area (Å²) in [5, 5.41) is 2.67. The van der Waals surface area contributed by atoms with Crippen LogP contribution in [-0.2, 0) is 9.53 Å². The number of anilines is 2. The zero-order valence-corrected chi connectivity index (χ0v) is 12.6. The van der Waals surface area contributed by atoms with Gasteiger partial charge in [0, 0.05) is 19.2 Å². The molecule has 21 heavy (non-hydrogen) atoms. The molecule has 0 spiro atoms. The summed E-state index contributed by atoms with van der Waals surface area (Å²) in [5.74, 6) is 6.93. The number of carbonyl (C=O) groups excluding carboxylic acids is 1. The number of nitrogens with one attached hydrogen (secondary N) is 2. The van der Waals surface area contributed by atoms with Crippen LogP contribution < -0.4 is 21.5 Å². The number of carbonyl (C=O) groups is 1. The Morgan fingerprint density at radius 1 is 1.52 bits per heavy atom. The van der Waals surface area contributed by atoms with Crippen molar-refractivity contribution in [2.45, 2.75) is 25.8 Å². The fraction of sp³-hybridized carbons (Fsp3) is 0.615. The highest BCUT2D eigenvalue weighted by molar-refractivity contribution is 5.85. The fourth-order valence-electron chi connectivity index (χ4n) is 2.50. The van der Waals surface area contributed by atoms with E-state index >= 15 is 0 Å². The minimum absolute atomic E-state index is 0.0923. The van der Waals surface area contributed by atoms with Crippen molar-refractivity contribution in [2.75, 3.05) is 37.1 Å². The molecule has 4 N–H and O–H groups in total. The molecule has 2 rings (SSSR count). The topological polar surface area (TPSA) is 105 Å². The van der Waals surface area contributed by atoms with E-state index in [0.717, 1.165) is 11.4 Å². The molecule has 1 unspecified atom stereocenters. The zero-order chi connectivity index (χ0) is 15.4. The average Bonchev–Trinajstić information content (AvgIpc) is 2.53. The van der Waals surface area contributed by atoms with Gasteiger partial charge in [0.15, 0.2) is 0 Å². The van der Waals surface area contributed by atoms with Gasteiger partial charge in [-0.3, -0.25) is 4.79 Å². The molecular weight excluding hydrogens is 272 g/mol. The summed E-state index contributed by atoms with van der Waals surface area (Å²) in [7, 11) is 1.62. The number of morpholine rings is 1. The Labute approximate surface area is 124 Å². The second-order valence-corrected chi connectivity index (χ2v) is 5.16. The highest BCUT2D eigenvalue weighted by Gasteiger charge is 2.32. The van der Waals surface area contributed by atoms with Crippen LogP contribution in [0.1, 0.15) is 25.3 Å². The first-order valence-electron chi connectivity index (χ1n) is 6.97. The highest BCUT2D eigenvalue weighted by Crippen LogP contribution is 2.32. The lowest BCUT2D eigenvalue weighted by Gasteiger charge is -2.36. The Kier molecular flexibility index (Phi) is 4.92. The molecule has 1 atom stereocenters. The second-order valence-electron chi connectivity index (χ2n) is 5.16. The van der Waals surface area contributed by atoms with Crippen LogP contribution in [0.2, 0.25) is 0 Å². The number of nitrogens with two attached hydrogens (primary N) is 1. The van der Waals surface area contributed by atoms with E-state index in [4.69, 9.17) is 10.6 Å². The third-order valence-corrected chi connectivity index (χ3v) is 3.53. The Balaban J connectivity index is 2.45. The standard InChI is InChI=1S/C13H22N6O2/c1-8(2)10-11(18-14)16-7-17-12(10)19-4-5-21-6-9(19)13(20)15-3/h7-9H,4-6,14H2,1-3H3,(H,15,20)(H,16,17,18). The number of nitrogens with zero attached hydrogens (tertiary/aromatic N) is 3. The van der Waals surface area contributed by atoms with Crippen molar-refractivity contribution in [2.24, 2.45) is 5.84 Å². The number of hydrogen-bond donors (Lipinski definition) is 3. The predicted molar refractivity (Wildman–Crippen MR) is 80.0 cm³/mol. The molecule has 1 aliphatic heterocycles. The van der Waals surface area contributed by atoms with Crippen LogP contribution in [0.25, 0.3) is 0 Å². The third kappa shape index (κ3) is 3.06. The Hall–Kier alpha value is -1.93. The van der Waals surface area contributed by atoms with Crippen LogP contribution >= 0.6 is 0 Å². The van der Waals surface area contributed by atoms with Crippen molar-refractivity contribution in [1.82, 2.24) is 15.3 Å². The van der Waals surface area contributed by atoms with Gasteiger partial charge in [-0.15, -0.1) is 0 Å². The Morgan fingerprint density at radius 2 is 2.29 bits per heavy atom. The Bertz CT molecular complexity index is 507. The molecule has 1 fully saturated rings. The van der Waals surface area contributed by atoms with Gasteiger partial charge in [-0.1, -0.05) is 13.8 Å². The molecule has 0 radical (unpaired) electrons. The summed E-state index contributed by atoms with van der Waals surface area (Å²) in [6, 6.07) is -0.401. The van der Waals surface area contributed by atoms with Crippen LogP contribution in [0.4, 0.5) is 11.6 Å². The summed E-state index contributed by atoms with van der Waals surface area (Å²) in [6.07, 6.45) is 1.45. The van der Waals surface area contributed by atoms with Gasteiger partial charge < -0.3 is 20.4 Å². The second kappa shape index (κ2) is 6.68. The maximum atomic E-state index is 12.1. The first-order valence-corrected chi connectivity index (χ1v) is 6.97. The largest absolute Gasteiger partial charge is 0.377 e. The van der Waals surface area contributed by atoms with E-state index in [-0.39, 0.29) is 11.8 Å². The summed E-state index contributed by atoms with van der Waals surface area (Å²) >= 11 is 0. The van der Waals surface area contributed by atoms with Gasteiger partial charge in [-0.25, -0.2) is 15.8 Å². The molecule has 0 aromatic carbocycles. The van der Waals surface area contributed by atoms with Crippen molar-refractivity contribution < 1.29 is 9.53 Å². The monoisotopic (exact) mass is 294 g/mol. The average molecular weight is 294 g/mol. The SMILES string of the molecule is CNC(=O)C1COCCN1c1ncnc(NN)c1C(C)C. The van der Waals surface area contributed by atoms with Crippen LogP contribution in [0.3, 0.4) is 0 Å². The number of nitrogen functional groups attached to an aromatic ring is 1. The van der Waals surface area contributed by atoms with Crippen LogP contribution in [0.5, 0.6) is 0 Å². The maximum absolute atomic E-state index is 12.1. The van der Waals surface area contributed by atoms with Gasteiger partial charge >= 0.3 is 0 Å². The lowest BCUT2D eigenvalue weighted by atomic mass is 10.0. The molecule has 116 valence electrons. The van der Waals surface area contributed by atoms with Crippen molar-refractivity contribution in [3.8, 4) is 0 Å². The molecule has 0 aliphatic carbocycles. The lowest BCUT2D eigenvalue weighted by molar-refractivity contribution is -0.124. The van der Waals surface area contributed by atoms with E-state index in [1.807, 2.05) is 18.7 Å². The molecular formula is C13H22N6O2. The van der Waals surface area contributed by atoms with Crippen molar-refractivity contribution >= 4 is 17.5 Å². The summed E-state index contributed by atoms with van der Waals surface area (Å²) in [5.41, 5.74) is 3.50. The maximum Gasteiger partial charge on any atom is 0.244 e. The zero-order valence-electron chi connectivity index (χ0n) is 12.6. The normalized spacial score (nSPS) is 18.7. The molecule has 1 aliphatic rings. The predicted octanol–water partition coefficient (Wildman–Crippen LogP) is -0.163. The minimum Gasteiger partial charge on any atom is -0.377 e. The van der Waals surface area contributed by atoms with Crippen molar-refractivity contribution in [1.29, 1.82) is 0 Å². The number of ether oxygens (including phenoxy) is 1. The smallest absolute Gasteiger partial charge is 0.244 e. The number of aromatic nitrogens is 2. The molecule has 1 aromatic heterocycles. The molecule has 2 heterocycles. The van der Waals surface area contributed by atoms with E-state index < -0.39 is 6.04 Å². The molecule has 0 saturated carbocycles. The number of rotatable bonds is 4. The van der Waals surface area contributed by atoms with Gasteiger partial charge in [0.05, 0.1) is 13.2 Å². The first kappa shape index (κ1) is 15.5. The van der Waals surface area contributed by atoms with E-state index in [2.05, 4.69) is 20.7 Å². The molecule has 0 bridgehead atoms. The van der Waals surface area contributed by atoms with Crippen LogP contribution in [-0.4, -0.2) is 48.7 Å². The molecule has 8 heteroatoms. The summed E-state index contributed by atoms with van der Waals surface area (Å²) in [4.78, 5) is 22.6. The molecule has 1 aromatic rings. The molecule has 1 saturated heterocycles. The number of likely N-dealkylation sites (N-methyl/N-ethyl adjacent to an activating group) is 1. The van der Waals surface area contributed by atoms with E-state index in [9.17, 15) is 4.79 Å². The third-order valence-electron chi connectivity index (χ3n) is 3.53. The van der Waals surface area contributed by atoms with E-state index in [1.165, 1.54) is 6.33 Å². The number of hydrogen-bond acceptors (Lipinski definition) is 7. The highest BCUT2D eigenvalue weighted by atomic mass is 16.5. The molecule has 8 nitrogen and oxygen atoms in total. The van der Waals surface area contributed by atoms with Gasteiger partial charge in [-0.2, -0.15) is 0 Å². The van der Waals surface area contributed by atoms with E-state index in [1.54, 1.807) is 7.05 Å². The summed E-state index contributed by atoms with van der Waals surface area (Å²) < 4.78 is 5.43. The lowest BCUT2D eigenvalue weighted by Crippen LogP contribution is -2.54. The number of hydrazine groups is 1.